The maximum atomic E-state index is 3.85. The van der Waals surface area contributed by atoms with Crippen LogP contribution in [0.2, 0.25) is 0 Å². The third-order valence-corrected chi connectivity index (χ3v) is 4.50. The van der Waals surface area contributed by atoms with Gasteiger partial charge in [-0.25, -0.2) is 0 Å². The van der Waals surface area contributed by atoms with Gasteiger partial charge in [-0.3, -0.25) is 0 Å². The Morgan fingerprint density at radius 3 is 2.32 bits per heavy atom. The summed E-state index contributed by atoms with van der Waals surface area (Å²) in [4.78, 5) is 2.38. The van der Waals surface area contributed by atoms with Crippen LogP contribution in [0.3, 0.4) is 0 Å². The fourth-order valence-corrected chi connectivity index (χ4v) is 3.83. The van der Waals surface area contributed by atoms with Crippen molar-refractivity contribution in [2.24, 2.45) is 17.3 Å². The van der Waals surface area contributed by atoms with Gasteiger partial charge in [0.1, 0.15) is 0 Å². The van der Waals surface area contributed by atoms with Gasteiger partial charge in [0.05, 0.1) is 0 Å². The number of likely N-dealkylation sites (N-methyl/N-ethyl adjacent to an activating group) is 1. The molecule has 0 aromatic carbocycles. The van der Waals surface area contributed by atoms with E-state index in [9.17, 15) is 0 Å². The molecule has 0 aliphatic heterocycles. The molecule has 1 fully saturated rings. The SMILES string of the molecule is CC(C)CC(CNC1CC(C)CC(C)(C)C1)N(C)C. The van der Waals surface area contributed by atoms with Gasteiger partial charge in [-0.2, -0.15) is 0 Å². The quantitative estimate of drug-likeness (QED) is 0.789. The second-order valence-corrected chi connectivity index (χ2v) is 8.27. The standard InChI is InChI=1S/C17H36N2/c1-13(2)8-16(19(6)7)12-18-15-9-14(3)10-17(4,5)11-15/h13-16,18H,8-12H2,1-7H3. The highest BCUT2D eigenvalue weighted by Gasteiger charge is 2.32. The van der Waals surface area contributed by atoms with Crippen LogP contribution in [0.1, 0.15) is 60.3 Å². The van der Waals surface area contributed by atoms with E-state index in [0.717, 1.165) is 18.4 Å². The molecule has 2 heteroatoms. The fourth-order valence-electron chi connectivity index (χ4n) is 3.83. The highest BCUT2D eigenvalue weighted by atomic mass is 15.1. The van der Waals surface area contributed by atoms with E-state index in [0.29, 0.717) is 17.5 Å². The van der Waals surface area contributed by atoms with Crippen molar-refractivity contribution in [3.63, 3.8) is 0 Å². The first-order valence-electron chi connectivity index (χ1n) is 8.09. The predicted octanol–water partition coefficient (Wildman–Crippen LogP) is 3.77. The Kier molecular flexibility index (Phi) is 6.32. The van der Waals surface area contributed by atoms with E-state index < -0.39 is 0 Å². The normalized spacial score (nSPS) is 28.9. The lowest BCUT2D eigenvalue weighted by Gasteiger charge is -2.40. The van der Waals surface area contributed by atoms with E-state index in [1.54, 1.807) is 0 Å². The lowest BCUT2D eigenvalue weighted by atomic mass is 9.70. The van der Waals surface area contributed by atoms with Gasteiger partial charge in [0.15, 0.2) is 0 Å². The highest BCUT2D eigenvalue weighted by Crippen LogP contribution is 2.38. The zero-order valence-electron chi connectivity index (χ0n) is 14.3. The Hall–Kier alpha value is -0.0800. The van der Waals surface area contributed by atoms with E-state index in [4.69, 9.17) is 0 Å². The molecule has 1 rings (SSSR count). The molecule has 0 radical (unpaired) electrons. The summed E-state index contributed by atoms with van der Waals surface area (Å²) >= 11 is 0. The van der Waals surface area contributed by atoms with Gasteiger partial charge in [0.2, 0.25) is 0 Å². The minimum Gasteiger partial charge on any atom is -0.312 e. The zero-order chi connectivity index (χ0) is 14.6. The van der Waals surface area contributed by atoms with E-state index in [-0.39, 0.29) is 0 Å². The Morgan fingerprint density at radius 2 is 1.84 bits per heavy atom. The Labute approximate surface area is 121 Å². The van der Waals surface area contributed by atoms with E-state index in [2.05, 4.69) is 58.9 Å². The molecule has 3 atom stereocenters. The van der Waals surface area contributed by atoms with Gasteiger partial charge in [-0.1, -0.05) is 34.6 Å². The summed E-state index contributed by atoms with van der Waals surface area (Å²) in [5.74, 6) is 1.64. The Bertz CT molecular complexity index is 258. The van der Waals surface area contributed by atoms with Gasteiger partial charge < -0.3 is 10.2 Å². The molecule has 2 nitrogen and oxygen atoms in total. The van der Waals surface area contributed by atoms with Gasteiger partial charge >= 0.3 is 0 Å². The maximum Gasteiger partial charge on any atom is 0.0217 e. The monoisotopic (exact) mass is 268 g/mol. The average Bonchev–Trinajstić information content (AvgIpc) is 2.20. The molecule has 3 unspecified atom stereocenters. The molecule has 1 saturated carbocycles. The third-order valence-electron chi connectivity index (χ3n) is 4.50. The first-order chi connectivity index (χ1) is 8.69. The molecule has 0 amide bonds. The van der Waals surface area contributed by atoms with Crippen molar-refractivity contribution in [3.05, 3.63) is 0 Å². The molecule has 1 N–H and O–H groups in total. The molecular formula is C17H36N2. The Balaban J connectivity index is 2.45. The molecule has 114 valence electrons. The van der Waals surface area contributed by atoms with Crippen molar-refractivity contribution in [1.29, 1.82) is 0 Å². The van der Waals surface area contributed by atoms with Crippen LogP contribution in [-0.4, -0.2) is 37.6 Å². The summed E-state index contributed by atoms with van der Waals surface area (Å²) in [6.45, 7) is 13.0. The number of hydrogen-bond acceptors (Lipinski definition) is 2. The molecule has 0 heterocycles. The van der Waals surface area contributed by atoms with Crippen molar-refractivity contribution in [3.8, 4) is 0 Å². The fraction of sp³-hybridized carbons (Fsp3) is 1.00. The van der Waals surface area contributed by atoms with E-state index in [1.165, 1.54) is 25.7 Å². The van der Waals surface area contributed by atoms with E-state index in [1.807, 2.05) is 0 Å². The molecule has 0 bridgehead atoms. The summed E-state index contributed by atoms with van der Waals surface area (Å²) in [7, 11) is 4.42. The van der Waals surface area contributed by atoms with E-state index >= 15 is 0 Å². The second-order valence-electron chi connectivity index (χ2n) is 8.27. The number of nitrogens with zero attached hydrogens (tertiary/aromatic N) is 1. The van der Waals surface area contributed by atoms with Crippen molar-refractivity contribution in [2.75, 3.05) is 20.6 Å². The number of rotatable bonds is 6. The molecule has 0 aromatic rings. The van der Waals surface area contributed by atoms with Crippen LogP contribution in [0.25, 0.3) is 0 Å². The number of hydrogen-bond donors (Lipinski definition) is 1. The van der Waals surface area contributed by atoms with Crippen molar-refractivity contribution < 1.29 is 0 Å². The van der Waals surface area contributed by atoms with Crippen LogP contribution in [0.4, 0.5) is 0 Å². The van der Waals surface area contributed by atoms with Crippen molar-refractivity contribution >= 4 is 0 Å². The van der Waals surface area contributed by atoms with Gasteiger partial charge in [0, 0.05) is 18.6 Å². The van der Waals surface area contributed by atoms with Gasteiger partial charge in [0.25, 0.3) is 0 Å². The van der Waals surface area contributed by atoms with Crippen LogP contribution in [-0.2, 0) is 0 Å². The molecular weight excluding hydrogens is 232 g/mol. The lowest BCUT2D eigenvalue weighted by molar-refractivity contribution is 0.142. The van der Waals surface area contributed by atoms with Gasteiger partial charge in [-0.05, 0) is 57.0 Å². The first-order valence-corrected chi connectivity index (χ1v) is 8.09. The topological polar surface area (TPSA) is 15.3 Å². The smallest absolute Gasteiger partial charge is 0.0217 e. The third kappa shape index (κ3) is 6.27. The molecule has 19 heavy (non-hydrogen) atoms. The van der Waals surface area contributed by atoms with Crippen LogP contribution in [0, 0.1) is 17.3 Å². The molecule has 0 spiro atoms. The molecule has 0 saturated heterocycles. The summed E-state index contributed by atoms with van der Waals surface area (Å²) in [6, 6.07) is 1.38. The van der Waals surface area contributed by atoms with Crippen LogP contribution >= 0.6 is 0 Å². The summed E-state index contributed by atoms with van der Waals surface area (Å²) in [5.41, 5.74) is 0.515. The second kappa shape index (κ2) is 7.08. The predicted molar refractivity (Wildman–Crippen MR) is 85.5 cm³/mol. The molecule has 0 aromatic heterocycles. The molecule has 1 aliphatic rings. The van der Waals surface area contributed by atoms with Crippen LogP contribution < -0.4 is 5.32 Å². The highest BCUT2D eigenvalue weighted by molar-refractivity contribution is 4.87. The van der Waals surface area contributed by atoms with Gasteiger partial charge in [-0.15, -0.1) is 0 Å². The summed E-state index contributed by atoms with van der Waals surface area (Å²) < 4.78 is 0. The van der Waals surface area contributed by atoms with Crippen LogP contribution in [0.15, 0.2) is 0 Å². The minimum atomic E-state index is 0.515. The number of nitrogens with one attached hydrogen (secondary N) is 1. The molecule has 1 aliphatic carbocycles. The summed E-state index contributed by atoms with van der Waals surface area (Å²) in [6.07, 6.45) is 5.35. The average molecular weight is 268 g/mol. The van der Waals surface area contributed by atoms with Crippen molar-refractivity contribution in [1.82, 2.24) is 10.2 Å². The minimum absolute atomic E-state index is 0.515. The Morgan fingerprint density at radius 1 is 1.21 bits per heavy atom. The largest absolute Gasteiger partial charge is 0.312 e. The van der Waals surface area contributed by atoms with Crippen molar-refractivity contribution in [2.45, 2.75) is 72.4 Å². The van der Waals surface area contributed by atoms with Crippen LogP contribution in [0.5, 0.6) is 0 Å². The lowest BCUT2D eigenvalue weighted by Crippen LogP contribution is -2.46. The summed E-state index contributed by atoms with van der Waals surface area (Å²) in [5, 5.41) is 3.85. The maximum absolute atomic E-state index is 3.85. The first kappa shape index (κ1) is 17.0. The zero-order valence-corrected chi connectivity index (χ0v) is 14.3.